The minimum atomic E-state index is -4.10. The van der Waals surface area contributed by atoms with Crippen molar-refractivity contribution in [2.24, 2.45) is 5.92 Å². The van der Waals surface area contributed by atoms with Gasteiger partial charge in [0.25, 0.3) is 11.8 Å². The number of nitrogens with zero attached hydrogens (tertiary/aromatic N) is 1. The Morgan fingerprint density at radius 1 is 0.881 bits per heavy atom. The quantitative estimate of drug-likeness (QED) is 0.196. The fourth-order valence-electron chi connectivity index (χ4n) is 4.70. The van der Waals surface area contributed by atoms with Gasteiger partial charge in [-0.3, -0.25) is 18.9 Å². The topological polar surface area (TPSA) is 116 Å². The minimum absolute atomic E-state index is 0.103. The molecule has 0 aromatic heterocycles. The number of nitrogens with one attached hydrogen (secondary N) is 2. The van der Waals surface area contributed by atoms with Crippen LogP contribution in [0, 0.1) is 12.8 Å². The van der Waals surface area contributed by atoms with Gasteiger partial charge in [0.2, 0.25) is 13.3 Å². The van der Waals surface area contributed by atoms with Gasteiger partial charge in [-0.25, -0.2) is 0 Å². The van der Waals surface area contributed by atoms with E-state index in [1.165, 1.54) is 6.07 Å². The molecule has 0 heterocycles. The van der Waals surface area contributed by atoms with Crippen molar-refractivity contribution in [3.8, 4) is 0 Å². The summed E-state index contributed by atoms with van der Waals surface area (Å²) in [5.41, 5.74) is 3.03. The van der Waals surface area contributed by atoms with Gasteiger partial charge in [-0.1, -0.05) is 74.9 Å². The molecule has 42 heavy (non-hydrogen) atoms. The van der Waals surface area contributed by atoms with Crippen LogP contribution in [0.2, 0.25) is 0 Å². The Bertz CT molecular complexity index is 1390. The molecule has 3 aromatic carbocycles. The molecule has 3 amide bonds. The molecule has 3 atom stereocenters. The second kappa shape index (κ2) is 15.5. The summed E-state index contributed by atoms with van der Waals surface area (Å²) >= 11 is 0. The fourth-order valence-corrected chi connectivity index (χ4v) is 6.72. The third-order valence-electron chi connectivity index (χ3n) is 7.00. The van der Waals surface area contributed by atoms with E-state index in [4.69, 9.17) is 0 Å². The number of hydrogen-bond acceptors (Lipinski definition) is 4. The van der Waals surface area contributed by atoms with E-state index in [9.17, 15) is 23.8 Å². The van der Waals surface area contributed by atoms with Gasteiger partial charge in [0, 0.05) is 48.4 Å². The Morgan fingerprint density at radius 3 is 2.12 bits per heavy atom. The lowest BCUT2D eigenvalue weighted by Crippen LogP contribution is -2.38. The number of amides is 3. The van der Waals surface area contributed by atoms with Gasteiger partial charge in [0.15, 0.2) is 0 Å². The van der Waals surface area contributed by atoms with Crippen molar-refractivity contribution >= 4 is 30.8 Å². The summed E-state index contributed by atoms with van der Waals surface area (Å²) in [6.07, 6.45) is 1.43. The molecule has 8 nitrogen and oxygen atoms in total. The lowest BCUT2D eigenvalue weighted by atomic mass is 10.1. The molecule has 0 bridgehead atoms. The third-order valence-corrected chi connectivity index (χ3v) is 9.36. The van der Waals surface area contributed by atoms with Gasteiger partial charge in [-0.2, -0.15) is 0 Å². The van der Waals surface area contributed by atoms with Crippen LogP contribution < -0.4 is 10.6 Å². The third kappa shape index (κ3) is 9.40. The van der Waals surface area contributed by atoms with Crippen molar-refractivity contribution in [2.75, 3.05) is 24.6 Å². The summed E-state index contributed by atoms with van der Waals surface area (Å²) in [5.74, 6) is -3.03. The number of rotatable bonds is 14. The first-order valence-corrected chi connectivity index (χ1v) is 16.4. The Labute approximate surface area is 249 Å². The van der Waals surface area contributed by atoms with Crippen LogP contribution >= 0.6 is 7.37 Å². The highest BCUT2D eigenvalue weighted by atomic mass is 31.2. The minimum Gasteiger partial charge on any atom is -0.343 e. The molecule has 224 valence electrons. The van der Waals surface area contributed by atoms with E-state index in [-0.39, 0.29) is 30.0 Å². The standard InChI is InChI=1S/C33H42N3O5P/c1-5-19-36(20-6-2)33(39)28-14-10-13-27(22-28)32(38)35-30(21-26-11-8-7-9-12-26)42(40,41)23-25(4)31(37)34-29-17-15-24(3)16-18-29/h7-18,22,25,30H,5-6,19-21,23H2,1-4H3,(H,34,37)(H,35,38)(H,40,41)/t25?,30-/m1/s1. The molecular formula is C33H42N3O5P. The molecule has 0 saturated heterocycles. The van der Waals surface area contributed by atoms with Crippen LogP contribution in [0.25, 0.3) is 0 Å². The van der Waals surface area contributed by atoms with Crippen molar-refractivity contribution < 1.29 is 23.8 Å². The van der Waals surface area contributed by atoms with Crippen molar-refractivity contribution in [2.45, 2.75) is 52.7 Å². The number of aryl methyl sites for hydroxylation is 1. The number of anilines is 1. The highest BCUT2D eigenvalue weighted by molar-refractivity contribution is 7.58. The maximum Gasteiger partial charge on any atom is 0.253 e. The van der Waals surface area contributed by atoms with Crippen molar-refractivity contribution in [3.05, 3.63) is 101 Å². The maximum atomic E-state index is 13.8. The van der Waals surface area contributed by atoms with Crippen LogP contribution in [0.5, 0.6) is 0 Å². The summed E-state index contributed by atoms with van der Waals surface area (Å²) < 4.78 is 13.8. The molecule has 9 heteroatoms. The summed E-state index contributed by atoms with van der Waals surface area (Å²) in [7, 11) is -4.10. The highest BCUT2D eigenvalue weighted by Crippen LogP contribution is 2.48. The van der Waals surface area contributed by atoms with Crippen molar-refractivity contribution in [3.63, 3.8) is 0 Å². The normalized spacial score (nSPS) is 13.8. The predicted molar refractivity (Wildman–Crippen MR) is 168 cm³/mol. The SMILES string of the molecule is CCCN(CCC)C(=O)c1cccc(C(=O)N[C@@H](Cc2ccccc2)P(=O)(O)CC(C)C(=O)Nc2ccc(C)cc2)c1. The molecule has 0 aliphatic heterocycles. The first-order chi connectivity index (χ1) is 20.0. The first-order valence-electron chi connectivity index (χ1n) is 14.5. The molecule has 3 aromatic rings. The number of carbonyl (C=O) groups is 3. The van der Waals surface area contributed by atoms with E-state index in [1.807, 2.05) is 63.2 Å². The number of hydrogen-bond donors (Lipinski definition) is 3. The smallest absolute Gasteiger partial charge is 0.253 e. The Morgan fingerprint density at radius 2 is 1.50 bits per heavy atom. The van der Waals surface area contributed by atoms with Gasteiger partial charge in [0.1, 0.15) is 5.78 Å². The van der Waals surface area contributed by atoms with Crippen LogP contribution in [0.1, 0.15) is 65.5 Å². The molecule has 3 N–H and O–H groups in total. The molecule has 0 saturated carbocycles. The molecule has 0 fully saturated rings. The summed E-state index contributed by atoms with van der Waals surface area (Å²) in [6.45, 7) is 8.79. The monoisotopic (exact) mass is 591 g/mol. The average Bonchev–Trinajstić information content (AvgIpc) is 2.97. The summed E-state index contributed by atoms with van der Waals surface area (Å²) in [5, 5.41) is 5.56. The number of benzene rings is 3. The van der Waals surface area contributed by atoms with Crippen LogP contribution in [-0.4, -0.2) is 52.5 Å². The molecule has 3 rings (SSSR count). The van der Waals surface area contributed by atoms with Crippen LogP contribution in [0.4, 0.5) is 5.69 Å². The first kappa shape index (κ1) is 32.8. The van der Waals surface area contributed by atoms with E-state index < -0.39 is 25.0 Å². The summed E-state index contributed by atoms with van der Waals surface area (Å²) in [6, 6.07) is 22.8. The molecular weight excluding hydrogens is 549 g/mol. The molecule has 0 aliphatic carbocycles. The average molecular weight is 592 g/mol. The van der Waals surface area contributed by atoms with Crippen LogP contribution in [-0.2, 0) is 15.8 Å². The lowest BCUT2D eigenvalue weighted by molar-refractivity contribution is -0.118. The molecule has 0 radical (unpaired) electrons. The van der Waals surface area contributed by atoms with Gasteiger partial charge < -0.3 is 20.4 Å². The molecule has 2 unspecified atom stereocenters. The van der Waals surface area contributed by atoms with Crippen LogP contribution in [0.3, 0.4) is 0 Å². The number of carbonyl (C=O) groups excluding carboxylic acids is 3. The highest BCUT2D eigenvalue weighted by Gasteiger charge is 2.36. The van der Waals surface area contributed by atoms with Crippen molar-refractivity contribution in [1.82, 2.24) is 10.2 Å². The van der Waals surface area contributed by atoms with Gasteiger partial charge in [0.05, 0.1) is 0 Å². The fraction of sp³-hybridized carbons (Fsp3) is 0.364. The van der Waals surface area contributed by atoms with Gasteiger partial charge in [-0.05, 0) is 55.7 Å². The van der Waals surface area contributed by atoms with E-state index >= 15 is 0 Å². The predicted octanol–water partition coefficient (Wildman–Crippen LogP) is 6.10. The van der Waals surface area contributed by atoms with Gasteiger partial charge in [-0.15, -0.1) is 0 Å². The Hall–Kier alpha value is -3.74. The second-order valence-corrected chi connectivity index (χ2v) is 13.2. The largest absolute Gasteiger partial charge is 0.343 e. The van der Waals surface area contributed by atoms with E-state index in [2.05, 4.69) is 10.6 Å². The zero-order chi connectivity index (χ0) is 30.7. The summed E-state index contributed by atoms with van der Waals surface area (Å²) in [4.78, 5) is 52.5. The van der Waals surface area contributed by atoms with E-state index in [1.54, 1.807) is 42.2 Å². The zero-order valence-corrected chi connectivity index (χ0v) is 25.8. The Balaban J connectivity index is 1.80. The van der Waals surface area contributed by atoms with Crippen molar-refractivity contribution in [1.29, 1.82) is 0 Å². The second-order valence-electron chi connectivity index (χ2n) is 10.7. The molecule has 0 spiro atoms. The lowest BCUT2D eigenvalue weighted by Gasteiger charge is -2.26. The van der Waals surface area contributed by atoms with E-state index in [0.717, 1.165) is 24.0 Å². The molecule has 0 aliphatic rings. The van der Waals surface area contributed by atoms with E-state index in [0.29, 0.717) is 24.3 Å². The zero-order valence-electron chi connectivity index (χ0n) is 24.9. The maximum absolute atomic E-state index is 13.8. The Kier molecular flexibility index (Phi) is 12.1. The van der Waals surface area contributed by atoms with Gasteiger partial charge >= 0.3 is 0 Å². The van der Waals surface area contributed by atoms with Crippen LogP contribution in [0.15, 0.2) is 78.9 Å².